The van der Waals surface area contributed by atoms with Crippen molar-refractivity contribution in [3.8, 4) is 0 Å². The van der Waals surface area contributed by atoms with Crippen molar-refractivity contribution in [2.45, 2.75) is 130 Å². The number of carbonyl (C=O) groups excluding carboxylic acids is 1. The van der Waals surface area contributed by atoms with Crippen LogP contribution in [0.25, 0.3) is 0 Å². The molecule has 0 heterocycles. The summed E-state index contributed by atoms with van der Waals surface area (Å²) in [6.07, 6.45) is 19.0. The van der Waals surface area contributed by atoms with Crippen LogP contribution in [0.4, 0.5) is 0 Å². The highest BCUT2D eigenvalue weighted by atomic mass is 16.5. The third kappa shape index (κ3) is 16.1. The van der Waals surface area contributed by atoms with Gasteiger partial charge in [-0.1, -0.05) is 85.0 Å². The standard InChI is InChI=1S/C21H42O2/c1-4-7-10-12-13-16-19-21(22)23-20(17-14-9-6-3)18-15-11-8-5-2/h20H,4-19H2,1-3H3. The van der Waals surface area contributed by atoms with Crippen molar-refractivity contribution in [2.24, 2.45) is 0 Å². The Morgan fingerprint density at radius 3 is 1.70 bits per heavy atom. The van der Waals surface area contributed by atoms with Crippen LogP contribution in [-0.2, 0) is 9.53 Å². The zero-order valence-corrected chi connectivity index (χ0v) is 16.2. The van der Waals surface area contributed by atoms with Gasteiger partial charge in [0.15, 0.2) is 0 Å². The first-order valence-electron chi connectivity index (χ1n) is 10.4. The van der Waals surface area contributed by atoms with E-state index in [4.69, 9.17) is 4.74 Å². The summed E-state index contributed by atoms with van der Waals surface area (Å²) in [6, 6.07) is 0. The highest BCUT2D eigenvalue weighted by molar-refractivity contribution is 5.69. The molecule has 2 heteroatoms. The number of hydrogen-bond acceptors (Lipinski definition) is 2. The van der Waals surface area contributed by atoms with E-state index in [0.29, 0.717) is 6.42 Å². The van der Waals surface area contributed by atoms with Gasteiger partial charge in [-0.15, -0.1) is 0 Å². The van der Waals surface area contributed by atoms with Gasteiger partial charge in [-0.05, 0) is 32.1 Å². The second kappa shape index (κ2) is 17.8. The third-order valence-electron chi connectivity index (χ3n) is 4.54. The highest BCUT2D eigenvalue weighted by Gasteiger charge is 2.13. The lowest BCUT2D eigenvalue weighted by molar-refractivity contribution is -0.150. The van der Waals surface area contributed by atoms with Gasteiger partial charge in [0.2, 0.25) is 0 Å². The van der Waals surface area contributed by atoms with Gasteiger partial charge in [0.05, 0.1) is 0 Å². The predicted octanol–water partition coefficient (Wildman–Crippen LogP) is 7.20. The van der Waals surface area contributed by atoms with Gasteiger partial charge < -0.3 is 4.74 Å². The number of carbonyl (C=O) groups is 1. The van der Waals surface area contributed by atoms with Gasteiger partial charge in [0.25, 0.3) is 0 Å². The second-order valence-electron chi connectivity index (χ2n) is 6.97. The zero-order chi connectivity index (χ0) is 17.2. The van der Waals surface area contributed by atoms with Crippen LogP contribution >= 0.6 is 0 Å². The number of ether oxygens (including phenoxy) is 1. The van der Waals surface area contributed by atoms with Crippen molar-refractivity contribution in [1.82, 2.24) is 0 Å². The fraction of sp³-hybridized carbons (Fsp3) is 0.952. The summed E-state index contributed by atoms with van der Waals surface area (Å²) >= 11 is 0. The lowest BCUT2D eigenvalue weighted by Crippen LogP contribution is -2.18. The molecule has 0 aromatic rings. The molecule has 0 radical (unpaired) electrons. The van der Waals surface area contributed by atoms with E-state index in [1.165, 1.54) is 77.0 Å². The van der Waals surface area contributed by atoms with Crippen LogP contribution in [0.1, 0.15) is 124 Å². The monoisotopic (exact) mass is 326 g/mol. The largest absolute Gasteiger partial charge is 0.462 e. The van der Waals surface area contributed by atoms with Crippen LogP contribution in [-0.4, -0.2) is 12.1 Å². The summed E-state index contributed by atoms with van der Waals surface area (Å²) in [6.45, 7) is 6.69. The Labute approximate surface area is 145 Å². The molecule has 23 heavy (non-hydrogen) atoms. The SMILES string of the molecule is CCCCCCCCC(=O)OC(CCCCC)CCCCCC. The average molecular weight is 327 g/mol. The Balaban J connectivity index is 3.85. The Morgan fingerprint density at radius 2 is 1.09 bits per heavy atom. The van der Waals surface area contributed by atoms with E-state index in [1.807, 2.05) is 0 Å². The maximum Gasteiger partial charge on any atom is 0.306 e. The van der Waals surface area contributed by atoms with Crippen molar-refractivity contribution in [3.05, 3.63) is 0 Å². The van der Waals surface area contributed by atoms with E-state index in [1.54, 1.807) is 0 Å². The number of esters is 1. The molecule has 0 saturated heterocycles. The van der Waals surface area contributed by atoms with Crippen LogP contribution < -0.4 is 0 Å². The van der Waals surface area contributed by atoms with Gasteiger partial charge in [-0.25, -0.2) is 0 Å². The Kier molecular flexibility index (Phi) is 17.4. The quantitative estimate of drug-likeness (QED) is 0.209. The van der Waals surface area contributed by atoms with Crippen LogP contribution in [0.3, 0.4) is 0 Å². The molecule has 0 aliphatic rings. The van der Waals surface area contributed by atoms with Crippen molar-refractivity contribution in [3.63, 3.8) is 0 Å². The Hall–Kier alpha value is -0.530. The molecular formula is C21H42O2. The summed E-state index contributed by atoms with van der Waals surface area (Å²) in [5.41, 5.74) is 0. The van der Waals surface area contributed by atoms with Gasteiger partial charge >= 0.3 is 5.97 Å². The number of rotatable bonds is 17. The van der Waals surface area contributed by atoms with E-state index in [-0.39, 0.29) is 12.1 Å². The maximum atomic E-state index is 12.0. The van der Waals surface area contributed by atoms with E-state index >= 15 is 0 Å². The van der Waals surface area contributed by atoms with E-state index < -0.39 is 0 Å². The minimum Gasteiger partial charge on any atom is -0.462 e. The average Bonchev–Trinajstić information content (AvgIpc) is 2.54. The molecule has 0 saturated carbocycles. The molecule has 0 aromatic carbocycles. The van der Waals surface area contributed by atoms with Gasteiger partial charge in [0, 0.05) is 6.42 Å². The van der Waals surface area contributed by atoms with Crippen LogP contribution in [0.15, 0.2) is 0 Å². The molecular weight excluding hydrogens is 284 g/mol. The molecule has 0 aromatic heterocycles. The van der Waals surface area contributed by atoms with Crippen molar-refractivity contribution >= 4 is 5.97 Å². The molecule has 0 fully saturated rings. The lowest BCUT2D eigenvalue weighted by Gasteiger charge is -2.18. The van der Waals surface area contributed by atoms with Gasteiger partial charge in [-0.3, -0.25) is 4.79 Å². The summed E-state index contributed by atoms with van der Waals surface area (Å²) in [5, 5.41) is 0. The first-order chi connectivity index (χ1) is 11.2. The molecule has 0 aliphatic carbocycles. The van der Waals surface area contributed by atoms with Gasteiger partial charge in [-0.2, -0.15) is 0 Å². The highest BCUT2D eigenvalue weighted by Crippen LogP contribution is 2.16. The van der Waals surface area contributed by atoms with Crippen LogP contribution in [0.2, 0.25) is 0 Å². The van der Waals surface area contributed by atoms with Crippen molar-refractivity contribution < 1.29 is 9.53 Å². The molecule has 138 valence electrons. The summed E-state index contributed by atoms with van der Waals surface area (Å²) in [7, 11) is 0. The fourth-order valence-electron chi connectivity index (χ4n) is 2.98. The van der Waals surface area contributed by atoms with Crippen LogP contribution in [0, 0.1) is 0 Å². The molecule has 1 atom stereocenters. The van der Waals surface area contributed by atoms with Gasteiger partial charge in [0.1, 0.15) is 6.10 Å². The van der Waals surface area contributed by atoms with E-state index in [2.05, 4.69) is 20.8 Å². The summed E-state index contributed by atoms with van der Waals surface area (Å²) < 4.78 is 5.77. The molecule has 0 spiro atoms. The number of unbranched alkanes of at least 4 members (excludes halogenated alkanes) is 10. The first-order valence-corrected chi connectivity index (χ1v) is 10.4. The van der Waals surface area contributed by atoms with Crippen molar-refractivity contribution in [2.75, 3.05) is 0 Å². The molecule has 0 rings (SSSR count). The predicted molar refractivity (Wildman–Crippen MR) is 101 cm³/mol. The minimum absolute atomic E-state index is 0.0393. The van der Waals surface area contributed by atoms with Crippen LogP contribution in [0.5, 0.6) is 0 Å². The molecule has 1 unspecified atom stereocenters. The second-order valence-corrected chi connectivity index (χ2v) is 6.97. The number of hydrogen-bond donors (Lipinski definition) is 0. The summed E-state index contributed by atoms with van der Waals surface area (Å²) in [4.78, 5) is 12.0. The molecule has 0 bridgehead atoms. The fourth-order valence-corrected chi connectivity index (χ4v) is 2.98. The van der Waals surface area contributed by atoms with E-state index in [0.717, 1.165) is 19.3 Å². The lowest BCUT2D eigenvalue weighted by atomic mass is 10.0. The maximum absolute atomic E-state index is 12.0. The normalized spacial score (nSPS) is 12.3. The molecule has 0 N–H and O–H groups in total. The first kappa shape index (κ1) is 22.5. The minimum atomic E-state index is 0.0393. The molecule has 0 aliphatic heterocycles. The van der Waals surface area contributed by atoms with E-state index in [9.17, 15) is 4.79 Å². The molecule has 2 nitrogen and oxygen atoms in total. The van der Waals surface area contributed by atoms with Crippen molar-refractivity contribution in [1.29, 1.82) is 0 Å². The zero-order valence-electron chi connectivity index (χ0n) is 16.2. The third-order valence-corrected chi connectivity index (χ3v) is 4.54. The smallest absolute Gasteiger partial charge is 0.306 e. The molecule has 0 amide bonds. The topological polar surface area (TPSA) is 26.3 Å². The Bertz CT molecular complexity index is 250. The summed E-state index contributed by atoms with van der Waals surface area (Å²) in [5.74, 6) is 0.0393. The Morgan fingerprint density at radius 1 is 0.652 bits per heavy atom.